The second-order valence-electron chi connectivity index (χ2n) is 10.8. The van der Waals surface area contributed by atoms with Crippen LogP contribution >= 0.6 is 23.2 Å². The van der Waals surface area contributed by atoms with Crippen LogP contribution in [0.5, 0.6) is 0 Å². The van der Waals surface area contributed by atoms with Crippen molar-refractivity contribution in [1.29, 1.82) is 5.41 Å². The Balaban J connectivity index is 1.36. The zero-order valence-corrected chi connectivity index (χ0v) is 28.0. The van der Waals surface area contributed by atoms with Crippen molar-refractivity contribution in [2.24, 2.45) is 19.8 Å². The molecule has 13 nitrogen and oxygen atoms in total. The van der Waals surface area contributed by atoms with Crippen molar-refractivity contribution >= 4 is 75.4 Å². The summed E-state index contributed by atoms with van der Waals surface area (Å²) in [5, 5.41) is 18.3. The van der Waals surface area contributed by atoms with Gasteiger partial charge in [0.25, 0.3) is 23.6 Å². The van der Waals surface area contributed by atoms with Crippen LogP contribution in [0.2, 0.25) is 0 Å². The molecule has 0 fully saturated rings. The van der Waals surface area contributed by atoms with Crippen LogP contribution in [-0.4, -0.2) is 70.0 Å². The highest BCUT2D eigenvalue weighted by atomic mass is 35.5. The van der Waals surface area contributed by atoms with Crippen molar-refractivity contribution in [3.05, 3.63) is 95.6 Å². The fraction of sp³-hybridized carbons (Fsp3) is 0.242. The third-order valence-electron chi connectivity index (χ3n) is 7.32. The van der Waals surface area contributed by atoms with E-state index < -0.39 is 11.8 Å². The molecule has 7 N–H and O–H groups in total. The van der Waals surface area contributed by atoms with Crippen molar-refractivity contribution in [2.75, 3.05) is 52.2 Å². The van der Waals surface area contributed by atoms with E-state index in [1.807, 2.05) is 17.0 Å². The van der Waals surface area contributed by atoms with Crippen LogP contribution in [0.25, 0.3) is 0 Å². The number of nitrogens with two attached hydrogens (primary N) is 1. The smallest absolute Gasteiger partial charge is 0.274 e. The summed E-state index contributed by atoms with van der Waals surface area (Å²) in [5.74, 6) is -0.737. The van der Waals surface area contributed by atoms with Gasteiger partial charge in [-0.25, -0.2) is 0 Å². The van der Waals surface area contributed by atoms with Crippen molar-refractivity contribution < 1.29 is 19.2 Å². The van der Waals surface area contributed by atoms with E-state index in [0.717, 1.165) is 5.69 Å². The normalized spacial score (nSPS) is 10.7. The fourth-order valence-corrected chi connectivity index (χ4v) is 5.27. The largest absolute Gasteiger partial charge is 0.388 e. The van der Waals surface area contributed by atoms with E-state index in [0.29, 0.717) is 58.7 Å². The Morgan fingerprint density at radius 2 is 1.35 bits per heavy atom. The Bertz CT molecular complexity index is 1780. The molecule has 15 heteroatoms. The van der Waals surface area contributed by atoms with E-state index in [2.05, 4.69) is 21.3 Å². The molecule has 0 spiro atoms. The summed E-state index contributed by atoms with van der Waals surface area (Å²) >= 11 is 11.8. The highest BCUT2D eigenvalue weighted by molar-refractivity contribution is 6.18. The quantitative estimate of drug-likeness (QED) is 0.0608. The predicted molar refractivity (Wildman–Crippen MR) is 190 cm³/mol. The number of halogens is 2. The van der Waals surface area contributed by atoms with Gasteiger partial charge in [0.1, 0.15) is 11.4 Å². The van der Waals surface area contributed by atoms with E-state index >= 15 is 0 Å². The lowest BCUT2D eigenvalue weighted by Crippen LogP contribution is -2.28. The van der Waals surface area contributed by atoms with Crippen molar-refractivity contribution in [2.45, 2.75) is 6.42 Å². The van der Waals surface area contributed by atoms with Gasteiger partial charge < -0.3 is 41.0 Å². The van der Waals surface area contributed by atoms with Gasteiger partial charge in [0.15, 0.2) is 0 Å². The highest BCUT2D eigenvalue weighted by Crippen LogP contribution is 2.22. The van der Waals surface area contributed by atoms with Crippen molar-refractivity contribution in [3.63, 3.8) is 0 Å². The van der Waals surface area contributed by atoms with Crippen LogP contribution in [0.3, 0.4) is 0 Å². The van der Waals surface area contributed by atoms with E-state index in [1.165, 1.54) is 0 Å². The number of amidine groups is 1. The second kappa shape index (κ2) is 16.5. The standard InChI is InChI=1S/C33H37Cl2N9O4/c1-42-16-12-26(41-31(46)22-5-9-25(10-6-22)44(17-13-34)18-14-35)29(42)33(48)39-23-7-3-21(4-8-23)30(45)40-24-19-27(43(2)20-24)32(47)38-15-11-28(36)37/h3-10,12,16,19-20H,11,13-15,17-18H2,1-2H3,(H3,36,37)(H,38,47)(H,39,48)(H,40,45)(H,41,46). The lowest BCUT2D eigenvalue weighted by atomic mass is 10.1. The van der Waals surface area contributed by atoms with Gasteiger partial charge in [0.05, 0.1) is 17.2 Å². The third kappa shape index (κ3) is 9.17. The molecule has 2 heterocycles. The van der Waals surface area contributed by atoms with E-state index in [9.17, 15) is 19.2 Å². The molecule has 0 saturated heterocycles. The molecule has 0 bridgehead atoms. The zero-order valence-electron chi connectivity index (χ0n) is 26.5. The molecule has 0 unspecified atom stereocenters. The van der Waals surface area contributed by atoms with Crippen molar-refractivity contribution in [3.8, 4) is 0 Å². The number of hydrogen-bond donors (Lipinski definition) is 6. The number of aryl methyl sites for hydroxylation is 2. The first-order chi connectivity index (χ1) is 23.0. The van der Waals surface area contributed by atoms with Gasteiger partial charge >= 0.3 is 0 Å². The number of nitrogens with zero attached hydrogens (tertiary/aromatic N) is 3. The summed E-state index contributed by atoms with van der Waals surface area (Å²) < 4.78 is 3.18. The Labute approximate surface area is 287 Å². The maximum absolute atomic E-state index is 13.3. The number of nitrogens with one attached hydrogen (secondary N) is 5. The SMILES string of the molecule is Cn1cc(NC(=O)c2ccc(NC(=O)c3c(NC(=O)c4ccc(N(CCCl)CCCl)cc4)ccn3C)cc2)cc1C(=O)NCCC(=N)N. The molecule has 0 aliphatic heterocycles. The van der Waals surface area contributed by atoms with E-state index in [1.54, 1.807) is 84.2 Å². The minimum atomic E-state index is -0.457. The molecule has 2 aromatic carbocycles. The first-order valence-corrected chi connectivity index (χ1v) is 16.0. The molecule has 2 aromatic heterocycles. The van der Waals surface area contributed by atoms with E-state index in [4.69, 9.17) is 34.3 Å². The maximum Gasteiger partial charge on any atom is 0.274 e. The molecule has 0 aliphatic carbocycles. The van der Waals surface area contributed by atoms with Crippen LogP contribution in [0.4, 0.5) is 22.7 Å². The van der Waals surface area contributed by atoms with Gasteiger partial charge in [-0.05, 0) is 60.7 Å². The van der Waals surface area contributed by atoms with Gasteiger partial charge in [0.2, 0.25) is 0 Å². The summed E-state index contributed by atoms with van der Waals surface area (Å²) in [6.45, 7) is 1.47. The first kappa shape index (κ1) is 35.6. The summed E-state index contributed by atoms with van der Waals surface area (Å²) in [5.41, 5.74) is 8.72. The van der Waals surface area contributed by atoms with Gasteiger partial charge in [0, 0.05) is 86.8 Å². The lowest BCUT2D eigenvalue weighted by Gasteiger charge is -2.23. The zero-order chi connectivity index (χ0) is 34.8. The first-order valence-electron chi connectivity index (χ1n) is 14.9. The highest BCUT2D eigenvalue weighted by Gasteiger charge is 2.19. The van der Waals surface area contributed by atoms with Crippen LogP contribution in [0.1, 0.15) is 48.1 Å². The number of rotatable bonds is 15. The minimum absolute atomic E-state index is 0.0258. The van der Waals surface area contributed by atoms with Crippen LogP contribution in [0, 0.1) is 5.41 Å². The number of amides is 4. The number of benzene rings is 2. The molecule has 4 rings (SSSR count). The van der Waals surface area contributed by atoms with Gasteiger partial charge in [-0.15, -0.1) is 23.2 Å². The fourth-order valence-electron chi connectivity index (χ4n) is 4.86. The number of aromatic nitrogens is 2. The molecular weight excluding hydrogens is 657 g/mol. The Kier molecular flexibility index (Phi) is 12.2. The van der Waals surface area contributed by atoms with Gasteiger partial charge in [-0.1, -0.05) is 0 Å². The van der Waals surface area contributed by atoms with Gasteiger partial charge in [-0.3, -0.25) is 24.6 Å². The van der Waals surface area contributed by atoms with E-state index in [-0.39, 0.29) is 36.3 Å². The lowest BCUT2D eigenvalue weighted by molar-refractivity contribution is 0.0944. The Hall–Kier alpha value is -5.27. The molecule has 0 radical (unpaired) electrons. The number of alkyl halides is 2. The predicted octanol–water partition coefficient (Wildman–Crippen LogP) is 4.46. The Morgan fingerprint density at radius 3 is 1.96 bits per heavy atom. The summed E-state index contributed by atoms with van der Waals surface area (Å²) in [6.07, 6.45) is 3.51. The molecule has 4 aromatic rings. The average Bonchev–Trinajstić information content (AvgIpc) is 3.61. The number of hydrogen-bond acceptors (Lipinski definition) is 6. The minimum Gasteiger partial charge on any atom is -0.388 e. The van der Waals surface area contributed by atoms with Crippen LogP contribution in [0.15, 0.2) is 73.1 Å². The monoisotopic (exact) mass is 693 g/mol. The summed E-state index contributed by atoms with van der Waals surface area (Å²) in [6, 6.07) is 16.5. The summed E-state index contributed by atoms with van der Waals surface area (Å²) in [7, 11) is 3.37. The molecule has 48 heavy (non-hydrogen) atoms. The topological polar surface area (TPSA) is 179 Å². The molecule has 252 valence electrons. The molecule has 0 atom stereocenters. The van der Waals surface area contributed by atoms with Crippen LogP contribution < -0.4 is 31.9 Å². The number of anilines is 4. The third-order valence-corrected chi connectivity index (χ3v) is 7.66. The van der Waals surface area contributed by atoms with Gasteiger partial charge in [-0.2, -0.15) is 0 Å². The Morgan fingerprint density at radius 1 is 0.771 bits per heavy atom. The van der Waals surface area contributed by atoms with Crippen molar-refractivity contribution in [1.82, 2.24) is 14.5 Å². The molecule has 4 amide bonds. The molecular formula is C33H37Cl2N9O4. The number of carbonyl (C=O) groups excluding carboxylic acids is 4. The maximum atomic E-state index is 13.3. The average molecular weight is 695 g/mol. The molecule has 0 aliphatic rings. The summed E-state index contributed by atoms with van der Waals surface area (Å²) in [4.78, 5) is 53.7. The molecule has 0 saturated carbocycles. The number of carbonyl (C=O) groups is 4. The van der Waals surface area contributed by atoms with Crippen LogP contribution in [-0.2, 0) is 14.1 Å². The second-order valence-corrected chi connectivity index (χ2v) is 11.6.